The molecule has 0 amide bonds. The summed E-state index contributed by atoms with van der Waals surface area (Å²) in [5.74, 6) is 1.00. The molecule has 130 valence electrons. The number of nitrogens with zero attached hydrogens (tertiary/aromatic N) is 2. The van der Waals surface area contributed by atoms with Gasteiger partial charge in [-0.25, -0.2) is 4.79 Å². The van der Waals surface area contributed by atoms with E-state index in [1.807, 2.05) is 31.2 Å². The fraction of sp³-hybridized carbons (Fsp3) is 0.211. The molecule has 0 bridgehead atoms. The summed E-state index contributed by atoms with van der Waals surface area (Å²) < 4.78 is 15.7. The SMILES string of the molecule is C=CC(=O)OCCOc1ccc(N=Nc2ccc(OCC)cc2)cc1. The highest BCUT2D eigenvalue weighted by Crippen LogP contribution is 2.23. The van der Waals surface area contributed by atoms with Gasteiger partial charge >= 0.3 is 5.97 Å². The molecular weight excluding hydrogens is 320 g/mol. The maximum absolute atomic E-state index is 10.9. The first-order valence-corrected chi connectivity index (χ1v) is 7.88. The normalized spacial score (nSPS) is 10.4. The molecule has 0 fully saturated rings. The van der Waals surface area contributed by atoms with Crippen LogP contribution in [0.15, 0.2) is 71.4 Å². The van der Waals surface area contributed by atoms with Gasteiger partial charge in [-0.1, -0.05) is 6.58 Å². The summed E-state index contributed by atoms with van der Waals surface area (Å²) in [7, 11) is 0. The second-order valence-corrected chi connectivity index (χ2v) is 4.84. The first kappa shape index (κ1) is 18.2. The Morgan fingerprint density at radius 2 is 1.44 bits per heavy atom. The van der Waals surface area contributed by atoms with Crippen molar-refractivity contribution in [2.75, 3.05) is 19.8 Å². The van der Waals surface area contributed by atoms with Gasteiger partial charge in [0.05, 0.1) is 18.0 Å². The number of azo groups is 1. The second kappa shape index (κ2) is 9.87. The van der Waals surface area contributed by atoms with E-state index >= 15 is 0 Å². The van der Waals surface area contributed by atoms with Crippen molar-refractivity contribution in [3.05, 3.63) is 61.2 Å². The summed E-state index contributed by atoms with van der Waals surface area (Å²) >= 11 is 0. The van der Waals surface area contributed by atoms with Gasteiger partial charge in [0.25, 0.3) is 0 Å². The van der Waals surface area contributed by atoms with Crippen LogP contribution in [0.4, 0.5) is 11.4 Å². The van der Waals surface area contributed by atoms with Crippen LogP contribution >= 0.6 is 0 Å². The highest BCUT2D eigenvalue weighted by Gasteiger charge is 1.98. The Balaban J connectivity index is 1.82. The van der Waals surface area contributed by atoms with Crippen LogP contribution in [0.2, 0.25) is 0 Å². The highest BCUT2D eigenvalue weighted by atomic mass is 16.6. The third-order valence-electron chi connectivity index (χ3n) is 3.03. The van der Waals surface area contributed by atoms with E-state index in [2.05, 4.69) is 16.8 Å². The minimum absolute atomic E-state index is 0.171. The molecule has 0 saturated heterocycles. The molecule has 6 heteroatoms. The van der Waals surface area contributed by atoms with E-state index in [1.54, 1.807) is 24.3 Å². The lowest BCUT2D eigenvalue weighted by Gasteiger charge is -2.06. The average molecular weight is 340 g/mol. The molecule has 0 N–H and O–H groups in total. The van der Waals surface area contributed by atoms with Crippen LogP contribution in [0.3, 0.4) is 0 Å². The quantitative estimate of drug-likeness (QED) is 0.289. The van der Waals surface area contributed by atoms with Gasteiger partial charge in [-0.05, 0) is 55.5 Å². The van der Waals surface area contributed by atoms with Crippen molar-refractivity contribution in [1.29, 1.82) is 0 Å². The van der Waals surface area contributed by atoms with Crippen LogP contribution in [0.1, 0.15) is 6.92 Å². The van der Waals surface area contributed by atoms with E-state index in [1.165, 1.54) is 0 Å². The predicted molar refractivity (Wildman–Crippen MR) is 94.9 cm³/mol. The second-order valence-electron chi connectivity index (χ2n) is 4.84. The lowest BCUT2D eigenvalue weighted by molar-refractivity contribution is -0.138. The zero-order valence-electron chi connectivity index (χ0n) is 14.1. The number of esters is 1. The topological polar surface area (TPSA) is 69.5 Å². The van der Waals surface area contributed by atoms with Crippen molar-refractivity contribution >= 4 is 17.3 Å². The lowest BCUT2D eigenvalue weighted by atomic mass is 10.3. The molecular formula is C19H20N2O4. The van der Waals surface area contributed by atoms with Crippen molar-refractivity contribution in [1.82, 2.24) is 0 Å². The summed E-state index contributed by atoms with van der Waals surface area (Å²) in [5.41, 5.74) is 1.45. The van der Waals surface area contributed by atoms with E-state index in [0.717, 1.165) is 17.5 Å². The van der Waals surface area contributed by atoms with Gasteiger partial charge in [-0.3, -0.25) is 0 Å². The van der Waals surface area contributed by atoms with E-state index < -0.39 is 5.97 Å². The smallest absolute Gasteiger partial charge is 0.330 e. The number of rotatable bonds is 9. The molecule has 0 aromatic heterocycles. The molecule has 0 unspecified atom stereocenters. The Hall–Kier alpha value is -3.15. The average Bonchev–Trinajstić information content (AvgIpc) is 2.65. The number of carbonyl (C=O) groups excluding carboxylic acids is 1. The van der Waals surface area contributed by atoms with Gasteiger partial charge in [0.15, 0.2) is 0 Å². The number of hydrogen-bond donors (Lipinski definition) is 0. The van der Waals surface area contributed by atoms with E-state index in [4.69, 9.17) is 14.2 Å². The molecule has 6 nitrogen and oxygen atoms in total. The van der Waals surface area contributed by atoms with Gasteiger partial charge in [-0.15, -0.1) is 0 Å². The zero-order valence-corrected chi connectivity index (χ0v) is 14.1. The lowest BCUT2D eigenvalue weighted by Crippen LogP contribution is -2.09. The molecule has 0 spiro atoms. The minimum atomic E-state index is -0.464. The van der Waals surface area contributed by atoms with Crippen LogP contribution in [0, 0.1) is 0 Å². The highest BCUT2D eigenvalue weighted by molar-refractivity contribution is 5.81. The molecule has 2 rings (SSSR count). The van der Waals surface area contributed by atoms with Crippen LogP contribution in [0.5, 0.6) is 11.5 Å². The maximum Gasteiger partial charge on any atom is 0.330 e. The molecule has 0 radical (unpaired) electrons. The van der Waals surface area contributed by atoms with Crippen LogP contribution in [-0.2, 0) is 9.53 Å². The van der Waals surface area contributed by atoms with E-state index in [-0.39, 0.29) is 13.2 Å². The third-order valence-corrected chi connectivity index (χ3v) is 3.03. The van der Waals surface area contributed by atoms with Crippen molar-refractivity contribution in [3.8, 4) is 11.5 Å². The Kier molecular flexibility index (Phi) is 7.18. The first-order valence-electron chi connectivity index (χ1n) is 7.88. The molecule has 0 atom stereocenters. The van der Waals surface area contributed by atoms with Crippen LogP contribution in [0.25, 0.3) is 0 Å². The van der Waals surface area contributed by atoms with Gasteiger partial charge in [0.2, 0.25) is 0 Å². The molecule has 2 aromatic rings. The zero-order chi connectivity index (χ0) is 17.9. The number of carbonyl (C=O) groups is 1. The maximum atomic E-state index is 10.9. The number of benzene rings is 2. The molecule has 0 saturated carbocycles. The van der Waals surface area contributed by atoms with Crippen molar-refractivity contribution in [2.45, 2.75) is 6.92 Å². The Bertz CT molecular complexity index is 709. The fourth-order valence-electron chi connectivity index (χ4n) is 1.86. The fourth-order valence-corrected chi connectivity index (χ4v) is 1.86. The van der Waals surface area contributed by atoms with Crippen molar-refractivity contribution in [2.24, 2.45) is 10.2 Å². The Labute approximate surface area is 146 Å². The number of hydrogen-bond acceptors (Lipinski definition) is 6. The molecule has 0 aliphatic rings. The van der Waals surface area contributed by atoms with Crippen LogP contribution < -0.4 is 9.47 Å². The summed E-state index contributed by atoms with van der Waals surface area (Å²) in [5, 5.41) is 8.35. The molecule has 2 aromatic carbocycles. The minimum Gasteiger partial charge on any atom is -0.494 e. The molecule has 0 aliphatic carbocycles. The summed E-state index contributed by atoms with van der Waals surface area (Å²) in [6.07, 6.45) is 1.12. The standard InChI is InChI=1S/C19H20N2O4/c1-3-19(22)25-14-13-24-18-11-7-16(8-12-18)21-20-15-5-9-17(10-6-15)23-4-2/h3,5-12H,1,4,13-14H2,2H3. The monoisotopic (exact) mass is 340 g/mol. The van der Waals surface area contributed by atoms with Crippen molar-refractivity contribution in [3.63, 3.8) is 0 Å². The van der Waals surface area contributed by atoms with Gasteiger partial charge in [0.1, 0.15) is 24.7 Å². The summed E-state index contributed by atoms with van der Waals surface area (Å²) in [4.78, 5) is 10.9. The van der Waals surface area contributed by atoms with Gasteiger partial charge in [-0.2, -0.15) is 10.2 Å². The van der Waals surface area contributed by atoms with E-state index in [0.29, 0.717) is 18.0 Å². The van der Waals surface area contributed by atoms with Crippen LogP contribution in [-0.4, -0.2) is 25.8 Å². The predicted octanol–water partition coefficient (Wildman–Crippen LogP) is 4.61. The summed E-state index contributed by atoms with van der Waals surface area (Å²) in [6, 6.07) is 14.5. The third kappa shape index (κ3) is 6.47. The first-order chi connectivity index (χ1) is 12.2. The largest absolute Gasteiger partial charge is 0.494 e. The Morgan fingerprint density at radius 1 is 0.920 bits per heavy atom. The Morgan fingerprint density at radius 3 is 1.92 bits per heavy atom. The summed E-state index contributed by atoms with van der Waals surface area (Å²) in [6.45, 7) is 6.33. The molecule has 0 heterocycles. The van der Waals surface area contributed by atoms with Crippen molar-refractivity contribution < 1.29 is 19.0 Å². The molecule has 25 heavy (non-hydrogen) atoms. The van der Waals surface area contributed by atoms with E-state index in [9.17, 15) is 4.79 Å². The number of ether oxygens (including phenoxy) is 3. The molecule has 0 aliphatic heterocycles. The van der Waals surface area contributed by atoms with Gasteiger partial charge < -0.3 is 14.2 Å². The van der Waals surface area contributed by atoms with Gasteiger partial charge in [0, 0.05) is 6.08 Å².